The number of nitrogens with one attached hydrogen (secondary N) is 1. The summed E-state index contributed by atoms with van der Waals surface area (Å²) >= 11 is 0. The monoisotopic (exact) mass is 171 g/mol. The number of amides is 1. The van der Waals surface area contributed by atoms with Gasteiger partial charge in [-0.15, -0.1) is 0 Å². The third-order valence-electron chi connectivity index (χ3n) is 2.26. The molecule has 1 rings (SSSR count). The SMILES string of the molecule is CC[C@@H]1CCC(C(=O)O)C(=O)N1. The van der Waals surface area contributed by atoms with Crippen molar-refractivity contribution in [3.8, 4) is 0 Å². The van der Waals surface area contributed by atoms with Crippen molar-refractivity contribution < 1.29 is 14.7 Å². The van der Waals surface area contributed by atoms with Crippen molar-refractivity contribution in [2.45, 2.75) is 32.2 Å². The van der Waals surface area contributed by atoms with Crippen LogP contribution in [0.25, 0.3) is 0 Å². The number of hydrogen-bond acceptors (Lipinski definition) is 2. The Kier molecular flexibility index (Phi) is 2.68. The predicted molar refractivity (Wildman–Crippen MR) is 42.6 cm³/mol. The van der Waals surface area contributed by atoms with Gasteiger partial charge >= 0.3 is 5.97 Å². The first kappa shape index (κ1) is 9.03. The summed E-state index contributed by atoms with van der Waals surface area (Å²) in [5, 5.41) is 11.3. The third-order valence-corrected chi connectivity index (χ3v) is 2.26. The molecule has 1 aliphatic heterocycles. The van der Waals surface area contributed by atoms with Crippen molar-refractivity contribution in [1.82, 2.24) is 5.32 Å². The van der Waals surface area contributed by atoms with Crippen molar-refractivity contribution in [1.29, 1.82) is 0 Å². The number of rotatable bonds is 2. The highest BCUT2D eigenvalue weighted by molar-refractivity contribution is 5.97. The minimum absolute atomic E-state index is 0.174. The van der Waals surface area contributed by atoms with Crippen LogP contribution in [0.2, 0.25) is 0 Å². The number of carboxylic acid groups (broad SMARTS) is 1. The molecular formula is C8H13NO3. The molecule has 1 saturated heterocycles. The predicted octanol–water partition coefficient (Wildman–Crippen LogP) is 0.376. The smallest absolute Gasteiger partial charge is 0.316 e. The van der Waals surface area contributed by atoms with Gasteiger partial charge in [0.2, 0.25) is 5.91 Å². The van der Waals surface area contributed by atoms with E-state index in [1.807, 2.05) is 6.92 Å². The molecule has 0 saturated carbocycles. The molecule has 1 aliphatic rings. The summed E-state index contributed by atoms with van der Waals surface area (Å²) in [4.78, 5) is 21.6. The number of hydrogen-bond donors (Lipinski definition) is 2. The van der Waals surface area contributed by atoms with Gasteiger partial charge in [-0.25, -0.2) is 0 Å². The molecule has 1 unspecified atom stereocenters. The molecule has 2 N–H and O–H groups in total. The zero-order valence-corrected chi connectivity index (χ0v) is 7.04. The summed E-state index contributed by atoms with van der Waals surface area (Å²) < 4.78 is 0. The Hall–Kier alpha value is -1.06. The van der Waals surface area contributed by atoms with Crippen LogP contribution in [-0.4, -0.2) is 23.0 Å². The highest BCUT2D eigenvalue weighted by Crippen LogP contribution is 2.17. The topological polar surface area (TPSA) is 66.4 Å². The maximum absolute atomic E-state index is 11.1. The van der Waals surface area contributed by atoms with Gasteiger partial charge in [-0.3, -0.25) is 9.59 Å². The fourth-order valence-electron chi connectivity index (χ4n) is 1.41. The zero-order valence-electron chi connectivity index (χ0n) is 7.04. The van der Waals surface area contributed by atoms with Crippen LogP contribution < -0.4 is 5.32 Å². The molecule has 2 atom stereocenters. The van der Waals surface area contributed by atoms with Crippen LogP contribution in [0.3, 0.4) is 0 Å². The van der Waals surface area contributed by atoms with Crippen molar-refractivity contribution >= 4 is 11.9 Å². The van der Waals surface area contributed by atoms with Crippen LogP contribution in [0, 0.1) is 5.92 Å². The van der Waals surface area contributed by atoms with E-state index in [1.165, 1.54) is 0 Å². The fourth-order valence-corrected chi connectivity index (χ4v) is 1.41. The van der Waals surface area contributed by atoms with Gasteiger partial charge in [0.05, 0.1) is 0 Å². The van der Waals surface area contributed by atoms with E-state index in [2.05, 4.69) is 5.32 Å². The molecule has 0 aliphatic carbocycles. The zero-order chi connectivity index (χ0) is 9.14. The Morgan fingerprint density at radius 3 is 2.75 bits per heavy atom. The number of carboxylic acids is 1. The van der Waals surface area contributed by atoms with Crippen molar-refractivity contribution in [2.24, 2.45) is 5.92 Å². The molecule has 0 bridgehead atoms. The summed E-state index contributed by atoms with van der Waals surface area (Å²) in [6, 6.07) is 0.174. The van der Waals surface area contributed by atoms with Crippen LogP contribution in [0.1, 0.15) is 26.2 Å². The summed E-state index contributed by atoms with van der Waals surface area (Å²) in [7, 11) is 0. The first-order valence-electron chi connectivity index (χ1n) is 4.18. The maximum atomic E-state index is 11.1. The van der Waals surface area contributed by atoms with Gasteiger partial charge in [-0.1, -0.05) is 6.92 Å². The number of aliphatic carboxylic acids is 1. The molecule has 0 spiro atoms. The molecule has 1 amide bonds. The van der Waals surface area contributed by atoms with Gasteiger partial charge in [0, 0.05) is 6.04 Å². The first-order valence-corrected chi connectivity index (χ1v) is 4.18. The quantitative estimate of drug-likeness (QED) is 0.590. The van der Waals surface area contributed by atoms with Crippen molar-refractivity contribution in [3.63, 3.8) is 0 Å². The lowest BCUT2D eigenvalue weighted by Gasteiger charge is -2.25. The summed E-state index contributed by atoms with van der Waals surface area (Å²) in [5.74, 6) is -2.17. The van der Waals surface area contributed by atoms with Gasteiger partial charge in [0.25, 0.3) is 0 Å². The highest BCUT2D eigenvalue weighted by atomic mass is 16.4. The molecule has 0 radical (unpaired) electrons. The summed E-state index contributed by atoms with van der Waals surface area (Å²) in [6.07, 6.45) is 2.12. The second-order valence-electron chi connectivity index (χ2n) is 3.08. The Labute approximate surface area is 71.0 Å². The van der Waals surface area contributed by atoms with Gasteiger partial charge in [0.15, 0.2) is 0 Å². The minimum atomic E-state index is -1.01. The molecule has 0 aromatic carbocycles. The minimum Gasteiger partial charge on any atom is -0.481 e. The lowest BCUT2D eigenvalue weighted by molar-refractivity contribution is -0.148. The normalized spacial score (nSPS) is 29.6. The van der Waals surface area contributed by atoms with Gasteiger partial charge < -0.3 is 10.4 Å². The molecule has 4 heteroatoms. The highest BCUT2D eigenvalue weighted by Gasteiger charge is 2.32. The Bertz CT molecular complexity index is 202. The van der Waals surface area contributed by atoms with Crippen LogP contribution in [0.4, 0.5) is 0 Å². The maximum Gasteiger partial charge on any atom is 0.316 e. The number of carbonyl (C=O) groups is 2. The van der Waals surface area contributed by atoms with Gasteiger partial charge in [-0.2, -0.15) is 0 Å². The van der Waals surface area contributed by atoms with Crippen molar-refractivity contribution in [2.75, 3.05) is 0 Å². The second kappa shape index (κ2) is 3.56. The van der Waals surface area contributed by atoms with Gasteiger partial charge in [0.1, 0.15) is 5.92 Å². The first-order chi connectivity index (χ1) is 5.65. The molecule has 4 nitrogen and oxygen atoms in total. The molecular weight excluding hydrogens is 158 g/mol. The largest absolute Gasteiger partial charge is 0.481 e. The average molecular weight is 171 g/mol. The third kappa shape index (κ3) is 1.75. The van der Waals surface area contributed by atoms with Gasteiger partial charge in [-0.05, 0) is 19.3 Å². The average Bonchev–Trinajstić information content (AvgIpc) is 2.03. The Morgan fingerprint density at radius 1 is 1.67 bits per heavy atom. The molecule has 12 heavy (non-hydrogen) atoms. The Balaban J connectivity index is 2.54. The van der Waals surface area contributed by atoms with Crippen LogP contribution in [0.5, 0.6) is 0 Å². The van der Waals surface area contributed by atoms with Crippen LogP contribution in [0.15, 0.2) is 0 Å². The standard InChI is InChI=1S/C8H13NO3/c1-2-5-3-4-6(8(11)12)7(10)9-5/h5-6H,2-4H2,1H3,(H,9,10)(H,11,12)/t5-,6?/m1/s1. The van der Waals surface area contributed by atoms with E-state index in [9.17, 15) is 9.59 Å². The lowest BCUT2D eigenvalue weighted by atomic mass is 9.93. The second-order valence-corrected chi connectivity index (χ2v) is 3.08. The molecule has 0 aromatic rings. The number of piperidine rings is 1. The van der Waals surface area contributed by atoms with E-state index >= 15 is 0 Å². The van der Waals surface area contributed by atoms with Crippen LogP contribution in [-0.2, 0) is 9.59 Å². The van der Waals surface area contributed by atoms with E-state index in [4.69, 9.17) is 5.11 Å². The van der Waals surface area contributed by atoms with E-state index in [0.29, 0.717) is 6.42 Å². The van der Waals surface area contributed by atoms with E-state index in [1.54, 1.807) is 0 Å². The molecule has 68 valence electrons. The van der Waals surface area contributed by atoms with E-state index in [0.717, 1.165) is 12.8 Å². The van der Waals surface area contributed by atoms with Crippen molar-refractivity contribution in [3.05, 3.63) is 0 Å². The van der Waals surface area contributed by atoms with E-state index in [-0.39, 0.29) is 11.9 Å². The molecule has 0 aromatic heterocycles. The number of carbonyl (C=O) groups excluding carboxylic acids is 1. The van der Waals surface area contributed by atoms with Crippen LogP contribution >= 0.6 is 0 Å². The summed E-state index contributed by atoms with van der Waals surface area (Å²) in [5.41, 5.74) is 0. The molecule has 1 heterocycles. The van der Waals surface area contributed by atoms with E-state index < -0.39 is 11.9 Å². The lowest BCUT2D eigenvalue weighted by Crippen LogP contribution is -2.46. The fraction of sp³-hybridized carbons (Fsp3) is 0.750. The molecule has 1 fully saturated rings. The summed E-state index contributed by atoms with van der Waals surface area (Å²) in [6.45, 7) is 1.98. The Morgan fingerprint density at radius 2 is 2.33 bits per heavy atom.